The van der Waals surface area contributed by atoms with Crippen molar-refractivity contribution in [3.8, 4) is 44.5 Å². The molecule has 0 saturated carbocycles. The Morgan fingerprint density at radius 2 is 0.930 bits per heavy atom. The lowest BCUT2D eigenvalue weighted by Gasteiger charge is -2.26. The van der Waals surface area contributed by atoms with Crippen LogP contribution in [0, 0.1) is 0 Å². The van der Waals surface area contributed by atoms with Crippen molar-refractivity contribution in [3.05, 3.63) is 211 Å². The summed E-state index contributed by atoms with van der Waals surface area (Å²) in [5.74, 6) is 0. The molecule has 0 unspecified atom stereocenters. The maximum absolute atomic E-state index is 6.24. The van der Waals surface area contributed by atoms with Gasteiger partial charge in [0.1, 0.15) is 11.2 Å². The third kappa shape index (κ3) is 5.56. The number of benzene rings is 9. The smallest absolute Gasteiger partial charge is 0.136 e. The summed E-state index contributed by atoms with van der Waals surface area (Å²) in [5.41, 5.74) is 17.6. The molecule has 9 aromatic carbocycles. The Balaban J connectivity index is 0.978. The molecule has 270 valence electrons. The molecule has 2 nitrogen and oxygen atoms in total. The number of hydrogen-bond donors (Lipinski definition) is 0. The highest BCUT2D eigenvalue weighted by Crippen LogP contribution is 2.49. The average molecular weight is 730 g/mol. The Morgan fingerprint density at radius 1 is 0.351 bits per heavy atom. The van der Waals surface area contributed by atoms with Crippen LogP contribution in [0.15, 0.2) is 205 Å². The van der Waals surface area contributed by atoms with E-state index in [1.807, 2.05) is 12.1 Å². The molecule has 0 amide bonds. The Bertz CT molecular complexity index is 3150. The zero-order valence-electron chi connectivity index (χ0n) is 31.9. The van der Waals surface area contributed by atoms with Gasteiger partial charge in [0.15, 0.2) is 0 Å². The normalized spacial score (nSPS) is 12.9. The highest BCUT2D eigenvalue weighted by molar-refractivity contribution is 6.06. The van der Waals surface area contributed by atoms with Crippen molar-refractivity contribution in [1.82, 2.24) is 0 Å². The first-order valence-electron chi connectivity index (χ1n) is 19.7. The molecule has 11 rings (SSSR count). The fourth-order valence-electron chi connectivity index (χ4n) is 9.04. The Labute approximate surface area is 332 Å². The molecule has 2 heteroatoms. The number of anilines is 3. The molecular weight excluding hydrogens is 691 g/mol. The molecule has 0 atom stereocenters. The minimum atomic E-state index is -0.0429. The van der Waals surface area contributed by atoms with Crippen LogP contribution in [-0.2, 0) is 5.41 Å². The monoisotopic (exact) mass is 729 g/mol. The van der Waals surface area contributed by atoms with Crippen LogP contribution < -0.4 is 4.90 Å². The summed E-state index contributed by atoms with van der Waals surface area (Å²) >= 11 is 0. The van der Waals surface area contributed by atoms with E-state index in [0.717, 1.165) is 50.1 Å². The van der Waals surface area contributed by atoms with Crippen LogP contribution in [-0.4, -0.2) is 0 Å². The first kappa shape index (κ1) is 33.2. The zero-order valence-corrected chi connectivity index (χ0v) is 31.9. The molecule has 1 aliphatic rings. The molecule has 0 bridgehead atoms. The quantitative estimate of drug-likeness (QED) is 0.169. The average Bonchev–Trinajstić information content (AvgIpc) is 3.75. The molecule has 0 aliphatic heterocycles. The van der Waals surface area contributed by atoms with E-state index in [2.05, 4.69) is 207 Å². The van der Waals surface area contributed by atoms with Gasteiger partial charge in [0, 0.05) is 33.2 Å². The molecule has 0 N–H and O–H groups in total. The van der Waals surface area contributed by atoms with Crippen LogP contribution in [0.2, 0.25) is 0 Å². The minimum Gasteiger partial charge on any atom is -0.456 e. The van der Waals surface area contributed by atoms with E-state index in [0.29, 0.717) is 0 Å². The van der Waals surface area contributed by atoms with Gasteiger partial charge in [-0.25, -0.2) is 0 Å². The van der Waals surface area contributed by atoms with Gasteiger partial charge in [-0.2, -0.15) is 0 Å². The van der Waals surface area contributed by atoms with Gasteiger partial charge in [0.2, 0.25) is 0 Å². The highest BCUT2D eigenvalue weighted by atomic mass is 16.3. The molecule has 1 heterocycles. The highest BCUT2D eigenvalue weighted by Gasteiger charge is 2.35. The molecular formula is C55H39NO. The maximum Gasteiger partial charge on any atom is 0.136 e. The largest absolute Gasteiger partial charge is 0.456 e. The first-order chi connectivity index (χ1) is 28.0. The van der Waals surface area contributed by atoms with Gasteiger partial charge >= 0.3 is 0 Å². The van der Waals surface area contributed by atoms with Gasteiger partial charge in [0.05, 0.1) is 0 Å². The van der Waals surface area contributed by atoms with Crippen LogP contribution in [0.4, 0.5) is 17.1 Å². The van der Waals surface area contributed by atoms with Crippen LogP contribution in [0.5, 0.6) is 0 Å². The lowest BCUT2D eigenvalue weighted by molar-refractivity contribution is 0.660. The first-order valence-corrected chi connectivity index (χ1v) is 19.7. The fraction of sp³-hybridized carbons (Fsp3) is 0.0545. The number of fused-ring (bicyclic) bond motifs is 7. The standard InChI is InChI=1S/C55H39NO/c1-55(2)51-16-7-5-14-47(51)48-30-24-42(34-52(48)55)37-20-26-44(27-21-37)56(46-13-9-12-40(33-46)41-19-18-36-10-3-4-11-39(36)32-41)45-28-22-38(23-29-45)43-25-31-50-49-15-6-8-17-53(49)57-54(50)35-43/h3-35H,1-2H3. The van der Waals surface area contributed by atoms with Gasteiger partial charge in [-0.3, -0.25) is 0 Å². The van der Waals surface area contributed by atoms with E-state index in [9.17, 15) is 0 Å². The second-order valence-corrected chi connectivity index (χ2v) is 15.8. The molecule has 0 saturated heterocycles. The minimum absolute atomic E-state index is 0.0429. The van der Waals surface area contributed by atoms with E-state index in [1.165, 1.54) is 55.3 Å². The summed E-state index contributed by atoms with van der Waals surface area (Å²) in [4.78, 5) is 2.36. The molecule has 57 heavy (non-hydrogen) atoms. The van der Waals surface area contributed by atoms with Crippen molar-refractivity contribution in [3.63, 3.8) is 0 Å². The van der Waals surface area contributed by atoms with E-state index < -0.39 is 0 Å². The fourth-order valence-corrected chi connectivity index (χ4v) is 9.04. The summed E-state index contributed by atoms with van der Waals surface area (Å²) in [6, 6.07) is 72.7. The zero-order chi connectivity index (χ0) is 38.1. The topological polar surface area (TPSA) is 16.4 Å². The molecule has 0 fully saturated rings. The molecule has 0 spiro atoms. The SMILES string of the molecule is CC1(C)c2ccccc2-c2ccc(-c3ccc(N(c4ccc(-c5ccc6c(c5)oc5ccccc56)cc4)c4cccc(-c5ccc6ccccc6c5)c4)cc3)cc21. The van der Waals surface area contributed by atoms with Crippen molar-refractivity contribution < 1.29 is 4.42 Å². The van der Waals surface area contributed by atoms with Crippen molar-refractivity contribution in [2.75, 3.05) is 4.90 Å². The summed E-state index contributed by atoms with van der Waals surface area (Å²) in [6.07, 6.45) is 0. The van der Waals surface area contributed by atoms with Gasteiger partial charge in [0.25, 0.3) is 0 Å². The lowest BCUT2D eigenvalue weighted by Crippen LogP contribution is -2.14. The van der Waals surface area contributed by atoms with E-state index >= 15 is 0 Å². The molecule has 1 aliphatic carbocycles. The molecule has 10 aromatic rings. The van der Waals surface area contributed by atoms with Crippen molar-refractivity contribution in [1.29, 1.82) is 0 Å². The summed E-state index contributed by atoms with van der Waals surface area (Å²) in [5, 5.41) is 4.77. The van der Waals surface area contributed by atoms with Gasteiger partial charge < -0.3 is 9.32 Å². The van der Waals surface area contributed by atoms with Crippen molar-refractivity contribution >= 4 is 49.8 Å². The number of furan rings is 1. The van der Waals surface area contributed by atoms with E-state index in [-0.39, 0.29) is 5.41 Å². The predicted molar refractivity (Wildman–Crippen MR) is 240 cm³/mol. The van der Waals surface area contributed by atoms with Crippen molar-refractivity contribution in [2.45, 2.75) is 19.3 Å². The number of para-hydroxylation sites is 1. The van der Waals surface area contributed by atoms with Crippen LogP contribution in [0.25, 0.3) is 77.2 Å². The summed E-state index contributed by atoms with van der Waals surface area (Å²) in [7, 11) is 0. The summed E-state index contributed by atoms with van der Waals surface area (Å²) in [6.45, 7) is 4.69. The Hall–Kier alpha value is -7.16. The third-order valence-corrected chi connectivity index (χ3v) is 12.1. The summed E-state index contributed by atoms with van der Waals surface area (Å²) < 4.78 is 6.24. The predicted octanol–water partition coefficient (Wildman–Crippen LogP) is 15.5. The molecule has 1 aromatic heterocycles. The third-order valence-electron chi connectivity index (χ3n) is 12.1. The number of rotatable bonds is 6. The Kier molecular flexibility index (Phi) is 7.55. The second-order valence-electron chi connectivity index (χ2n) is 15.8. The van der Waals surface area contributed by atoms with Crippen LogP contribution >= 0.6 is 0 Å². The second kappa shape index (κ2) is 13.0. The number of nitrogens with zero attached hydrogens (tertiary/aromatic N) is 1. The van der Waals surface area contributed by atoms with Gasteiger partial charge in [-0.15, -0.1) is 0 Å². The van der Waals surface area contributed by atoms with Gasteiger partial charge in [-0.1, -0.05) is 147 Å². The van der Waals surface area contributed by atoms with Crippen LogP contribution in [0.1, 0.15) is 25.0 Å². The van der Waals surface area contributed by atoms with Gasteiger partial charge in [-0.05, 0) is 133 Å². The lowest BCUT2D eigenvalue weighted by atomic mass is 9.81. The molecule has 0 radical (unpaired) electrons. The van der Waals surface area contributed by atoms with E-state index in [1.54, 1.807) is 0 Å². The maximum atomic E-state index is 6.24. The van der Waals surface area contributed by atoms with E-state index in [4.69, 9.17) is 4.42 Å². The number of hydrogen-bond acceptors (Lipinski definition) is 2. The van der Waals surface area contributed by atoms with Crippen molar-refractivity contribution in [2.24, 2.45) is 0 Å². The Morgan fingerprint density at radius 3 is 1.74 bits per heavy atom. The van der Waals surface area contributed by atoms with Crippen LogP contribution in [0.3, 0.4) is 0 Å².